The molecule has 2 aromatic rings. The summed E-state index contributed by atoms with van der Waals surface area (Å²) >= 11 is 0. The summed E-state index contributed by atoms with van der Waals surface area (Å²) in [4.78, 5) is 23.7. The molecule has 0 aromatic heterocycles. The third-order valence-electron chi connectivity index (χ3n) is 3.32. The predicted octanol–water partition coefficient (Wildman–Crippen LogP) is 2.10. The molecule has 0 aliphatic rings. The van der Waals surface area contributed by atoms with Gasteiger partial charge >= 0.3 is 5.97 Å². The third kappa shape index (κ3) is 5.41. The number of nitrogens with zero attached hydrogens (tertiary/aromatic N) is 1. The standard InChI is InChI=1S/C18H16FN3O3/c19-15-7-6-14(8-13(15)10-20)22-18(24)16(21)9-17(23)25-11-12-4-2-1-3-5-12/h1-8,16H,9,11,21H2,(H,22,24)/t16-/m0/s1. The lowest BCUT2D eigenvalue weighted by Crippen LogP contribution is -2.37. The lowest BCUT2D eigenvalue weighted by Gasteiger charge is -2.12. The molecule has 0 heterocycles. The number of carbonyl (C=O) groups excluding carboxylic acids is 2. The number of halogens is 1. The topological polar surface area (TPSA) is 105 Å². The highest BCUT2D eigenvalue weighted by Gasteiger charge is 2.19. The zero-order valence-electron chi connectivity index (χ0n) is 13.2. The third-order valence-corrected chi connectivity index (χ3v) is 3.32. The van der Waals surface area contributed by atoms with Crippen molar-refractivity contribution in [3.63, 3.8) is 0 Å². The molecule has 128 valence electrons. The molecule has 0 saturated heterocycles. The molecule has 7 heteroatoms. The van der Waals surface area contributed by atoms with Crippen LogP contribution in [0.4, 0.5) is 10.1 Å². The van der Waals surface area contributed by atoms with Gasteiger partial charge in [0.25, 0.3) is 0 Å². The van der Waals surface area contributed by atoms with Crippen molar-refractivity contribution in [1.29, 1.82) is 5.26 Å². The summed E-state index contributed by atoms with van der Waals surface area (Å²) in [7, 11) is 0. The van der Waals surface area contributed by atoms with Crippen LogP contribution in [-0.2, 0) is 20.9 Å². The van der Waals surface area contributed by atoms with Crippen molar-refractivity contribution >= 4 is 17.6 Å². The highest BCUT2D eigenvalue weighted by Crippen LogP contribution is 2.14. The summed E-state index contributed by atoms with van der Waals surface area (Å²) < 4.78 is 18.3. The normalized spacial score (nSPS) is 11.2. The smallest absolute Gasteiger partial charge is 0.308 e. The molecular weight excluding hydrogens is 325 g/mol. The summed E-state index contributed by atoms with van der Waals surface area (Å²) in [6.45, 7) is 0.0947. The Balaban J connectivity index is 1.85. The van der Waals surface area contributed by atoms with E-state index in [1.807, 2.05) is 18.2 Å². The van der Waals surface area contributed by atoms with Gasteiger partial charge in [-0.1, -0.05) is 30.3 Å². The summed E-state index contributed by atoms with van der Waals surface area (Å²) in [5, 5.41) is 11.2. The first-order valence-corrected chi connectivity index (χ1v) is 7.45. The van der Waals surface area contributed by atoms with Gasteiger partial charge in [0.05, 0.1) is 18.0 Å². The van der Waals surface area contributed by atoms with Gasteiger partial charge in [0, 0.05) is 5.69 Å². The van der Waals surface area contributed by atoms with E-state index in [4.69, 9.17) is 15.7 Å². The molecule has 1 amide bonds. The zero-order valence-corrected chi connectivity index (χ0v) is 13.2. The van der Waals surface area contributed by atoms with Crippen molar-refractivity contribution in [1.82, 2.24) is 0 Å². The molecule has 0 spiro atoms. The van der Waals surface area contributed by atoms with Crippen LogP contribution >= 0.6 is 0 Å². The Kier molecular flexibility index (Phi) is 6.20. The molecule has 0 bridgehead atoms. The van der Waals surface area contributed by atoms with Crippen molar-refractivity contribution in [2.45, 2.75) is 19.1 Å². The van der Waals surface area contributed by atoms with E-state index in [2.05, 4.69) is 5.32 Å². The van der Waals surface area contributed by atoms with Gasteiger partial charge in [0.1, 0.15) is 18.5 Å². The summed E-state index contributed by atoms with van der Waals surface area (Å²) in [5.74, 6) is -1.93. The molecule has 2 aromatic carbocycles. The Morgan fingerprint density at radius 1 is 1.24 bits per heavy atom. The van der Waals surface area contributed by atoms with Gasteiger partial charge in [-0.25, -0.2) is 4.39 Å². The average Bonchev–Trinajstić information content (AvgIpc) is 2.62. The fraction of sp³-hybridized carbons (Fsp3) is 0.167. The maximum atomic E-state index is 13.2. The molecule has 3 N–H and O–H groups in total. The van der Waals surface area contributed by atoms with E-state index in [9.17, 15) is 14.0 Å². The van der Waals surface area contributed by atoms with Crippen LogP contribution in [0.2, 0.25) is 0 Å². The number of amides is 1. The van der Waals surface area contributed by atoms with Gasteiger partial charge in [0.2, 0.25) is 5.91 Å². The number of ether oxygens (including phenoxy) is 1. The lowest BCUT2D eigenvalue weighted by molar-refractivity contribution is -0.146. The minimum absolute atomic E-state index is 0.0947. The number of hydrogen-bond donors (Lipinski definition) is 2. The van der Waals surface area contributed by atoms with Crippen LogP contribution in [0.25, 0.3) is 0 Å². The Morgan fingerprint density at radius 3 is 2.64 bits per heavy atom. The van der Waals surface area contributed by atoms with Gasteiger partial charge < -0.3 is 15.8 Å². The minimum Gasteiger partial charge on any atom is -0.461 e. The maximum Gasteiger partial charge on any atom is 0.308 e. The number of carbonyl (C=O) groups is 2. The number of benzene rings is 2. The Morgan fingerprint density at radius 2 is 1.96 bits per heavy atom. The van der Waals surface area contributed by atoms with Crippen molar-refractivity contribution < 1.29 is 18.7 Å². The second-order valence-electron chi connectivity index (χ2n) is 5.25. The van der Waals surface area contributed by atoms with Crippen LogP contribution in [-0.4, -0.2) is 17.9 Å². The molecule has 0 fully saturated rings. The minimum atomic E-state index is -1.13. The first-order valence-electron chi connectivity index (χ1n) is 7.45. The number of esters is 1. The molecule has 0 aliphatic carbocycles. The Hall–Kier alpha value is -3.24. The molecule has 0 aliphatic heterocycles. The highest BCUT2D eigenvalue weighted by molar-refractivity contribution is 5.96. The molecule has 6 nitrogen and oxygen atoms in total. The van der Waals surface area contributed by atoms with Crippen LogP contribution in [0.3, 0.4) is 0 Å². The van der Waals surface area contributed by atoms with Gasteiger partial charge in [-0.2, -0.15) is 5.26 Å². The SMILES string of the molecule is N#Cc1cc(NC(=O)[C@@H](N)CC(=O)OCc2ccccc2)ccc1F. The van der Waals surface area contributed by atoms with Gasteiger partial charge in [-0.3, -0.25) is 9.59 Å². The van der Waals surface area contributed by atoms with E-state index in [-0.39, 0.29) is 24.3 Å². The number of rotatable bonds is 6. The Bertz CT molecular complexity index is 803. The fourth-order valence-corrected chi connectivity index (χ4v) is 1.99. The highest BCUT2D eigenvalue weighted by atomic mass is 19.1. The van der Waals surface area contributed by atoms with Crippen molar-refractivity contribution in [2.75, 3.05) is 5.32 Å². The van der Waals surface area contributed by atoms with Gasteiger partial charge in [-0.05, 0) is 23.8 Å². The Labute approximate surface area is 144 Å². The average molecular weight is 341 g/mol. The quantitative estimate of drug-likeness (QED) is 0.783. The fourth-order valence-electron chi connectivity index (χ4n) is 1.99. The molecular formula is C18H16FN3O3. The van der Waals surface area contributed by atoms with Crippen LogP contribution < -0.4 is 11.1 Å². The van der Waals surface area contributed by atoms with Crippen LogP contribution in [0.1, 0.15) is 17.5 Å². The molecule has 25 heavy (non-hydrogen) atoms. The summed E-state index contributed by atoms with van der Waals surface area (Å²) in [6, 6.07) is 13.2. The number of nitrogens with one attached hydrogen (secondary N) is 1. The van der Waals surface area contributed by atoms with Crippen molar-refractivity contribution in [3.05, 3.63) is 65.5 Å². The van der Waals surface area contributed by atoms with E-state index in [1.165, 1.54) is 12.1 Å². The predicted molar refractivity (Wildman–Crippen MR) is 88.6 cm³/mol. The van der Waals surface area contributed by atoms with Gasteiger partial charge in [0.15, 0.2) is 0 Å². The van der Waals surface area contributed by atoms with E-state index < -0.39 is 23.7 Å². The maximum absolute atomic E-state index is 13.2. The monoisotopic (exact) mass is 341 g/mol. The van der Waals surface area contributed by atoms with Crippen LogP contribution in [0, 0.1) is 17.1 Å². The van der Waals surface area contributed by atoms with Crippen molar-refractivity contribution in [3.8, 4) is 6.07 Å². The second-order valence-corrected chi connectivity index (χ2v) is 5.25. The number of hydrogen-bond acceptors (Lipinski definition) is 5. The summed E-state index contributed by atoms with van der Waals surface area (Å²) in [6.07, 6.45) is -0.301. The van der Waals surface area contributed by atoms with E-state index in [0.717, 1.165) is 11.6 Å². The van der Waals surface area contributed by atoms with E-state index in [1.54, 1.807) is 18.2 Å². The summed E-state index contributed by atoms with van der Waals surface area (Å²) in [5.41, 5.74) is 6.53. The molecule has 1 atom stereocenters. The second kappa shape index (κ2) is 8.57. The first kappa shape index (κ1) is 18.1. The number of nitrogens with two attached hydrogens (primary N) is 1. The van der Waals surface area contributed by atoms with E-state index in [0.29, 0.717) is 0 Å². The van der Waals surface area contributed by atoms with Crippen molar-refractivity contribution in [2.24, 2.45) is 5.73 Å². The molecule has 2 rings (SSSR count). The molecule has 0 saturated carbocycles. The molecule has 0 radical (unpaired) electrons. The lowest BCUT2D eigenvalue weighted by atomic mass is 10.1. The van der Waals surface area contributed by atoms with Crippen LogP contribution in [0.5, 0.6) is 0 Å². The van der Waals surface area contributed by atoms with Gasteiger partial charge in [-0.15, -0.1) is 0 Å². The zero-order chi connectivity index (χ0) is 18.2. The molecule has 0 unspecified atom stereocenters. The number of anilines is 1. The van der Waals surface area contributed by atoms with E-state index >= 15 is 0 Å². The van der Waals surface area contributed by atoms with Crippen LogP contribution in [0.15, 0.2) is 48.5 Å². The number of nitriles is 1. The first-order chi connectivity index (χ1) is 12.0. The largest absolute Gasteiger partial charge is 0.461 e.